The van der Waals surface area contributed by atoms with E-state index in [9.17, 15) is 14.7 Å². The van der Waals surface area contributed by atoms with Crippen LogP contribution >= 0.6 is 0 Å². The summed E-state index contributed by atoms with van der Waals surface area (Å²) in [4.78, 5) is 30.9. The van der Waals surface area contributed by atoms with Crippen LogP contribution in [0.2, 0.25) is 0 Å². The number of aryl methyl sites for hydroxylation is 2. The van der Waals surface area contributed by atoms with E-state index in [-0.39, 0.29) is 24.3 Å². The molecule has 2 aliphatic rings. The molecule has 2 heterocycles. The Morgan fingerprint density at radius 3 is 2.48 bits per heavy atom. The molecule has 0 spiro atoms. The average molecular weight is 451 g/mol. The summed E-state index contributed by atoms with van der Waals surface area (Å²) in [5, 5.41) is 9.75. The molecule has 7 nitrogen and oxygen atoms in total. The maximum absolute atomic E-state index is 13.9. The smallest absolute Gasteiger partial charge is 0.282 e. The zero-order valence-corrected chi connectivity index (χ0v) is 19.6. The number of methoxy groups -OCH3 is 2. The van der Waals surface area contributed by atoms with Crippen molar-refractivity contribution in [3.63, 3.8) is 0 Å². The molecule has 4 rings (SSSR count). The zero-order chi connectivity index (χ0) is 23.7. The van der Waals surface area contributed by atoms with Gasteiger partial charge in [-0.15, -0.1) is 0 Å². The van der Waals surface area contributed by atoms with Gasteiger partial charge in [0.2, 0.25) is 0 Å². The van der Waals surface area contributed by atoms with Crippen LogP contribution in [0, 0.1) is 19.8 Å². The molecule has 2 aromatic rings. The average Bonchev–Trinajstić information content (AvgIpc) is 3.08. The Morgan fingerprint density at radius 1 is 1.03 bits per heavy atom. The fourth-order valence-electron chi connectivity index (χ4n) is 4.76. The van der Waals surface area contributed by atoms with Crippen molar-refractivity contribution in [2.45, 2.75) is 26.7 Å². The van der Waals surface area contributed by atoms with E-state index in [1.165, 1.54) is 19.1 Å². The van der Waals surface area contributed by atoms with Crippen molar-refractivity contribution in [2.24, 2.45) is 5.92 Å². The highest BCUT2D eigenvalue weighted by Gasteiger charge is 2.44. The van der Waals surface area contributed by atoms with Crippen molar-refractivity contribution in [3.05, 3.63) is 58.8 Å². The number of benzene rings is 2. The number of hydrogen-bond donors (Lipinski definition) is 1. The monoisotopic (exact) mass is 450 g/mol. The Labute approximate surface area is 194 Å². The molecule has 1 unspecified atom stereocenters. The number of likely N-dealkylation sites (tertiary alicyclic amines) is 1. The molecule has 1 fully saturated rings. The van der Waals surface area contributed by atoms with Crippen molar-refractivity contribution in [2.75, 3.05) is 38.8 Å². The number of nitrogens with zero attached hydrogens (tertiary/aromatic N) is 2. The summed E-state index contributed by atoms with van der Waals surface area (Å²) in [5.74, 6) is 0.214. The first-order valence-corrected chi connectivity index (χ1v) is 11.2. The lowest BCUT2D eigenvalue weighted by Gasteiger charge is -2.34. The highest BCUT2D eigenvalue weighted by atomic mass is 16.5. The van der Waals surface area contributed by atoms with Crippen molar-refractivity contribution < 1.29 is 24.2 Å². The molecule has 2 aliphatic heterocycles. The molecule has 33 heavy (non-hydrogen) atoms. The van der Waals surface area contributed by atoms with Crippen LogP contribution in [0.5, 0.6) is 11.5 Å². The van der Waals surface area contributed by atoms with Gasteiger partial charge in [0.1, 0.15) is 17.2 Å². The SMILES string of the molecule is COc1ccc(OC)c(N2C(=O)C(c3ccc(C)cc3C)=C(N3CCCC(CO)C3)C2=O)c1. The highest BCUT2D eigenvalue weighted by Crippen LogP contribution is 2.41. The van der Waals surface area contributed by atoms with Gasteiger partial charge in [0.05, 0.1) is 25.5 Å². The van der Waals surface area contributed by atoms with Gasteiger partial charge in [-0.05, 0) is 55.9 Å². The molecule has 1 N–H and O–H groups in total. The quantitative estimate of drug-likeness (QED) is 0.681. The van der Waals surface area contributed by atoms with E-state index in [1.807, 2.05) is 36.9 Å². The summed E-state index contributed by atoms with van der Waals surface area (Å²) in [6, 6.07) is 10.9. The van der Waals surface area contributed by atoms with E-state index < -0.39 is 0 Å². The minimum absolute atomic E-state index is 0.0538. The lowest BCUT2D eigenvalue weighted by Crippen LogP contribution is -2.40. The van der Waals surface area contributed by atoms with Crippen molar-refractivity contribution in [1.82, 2.24) is 4.90 Å². The van der Waals surface area contributed by atoms with Crippen LogP contribution in [0.3, 0.4) is 0 Å². The first-order valence-electron chi connectivity index (χ1n) is 11.2. The van der Waals surface area contributed by atoms with Crippen LogP contribution in [0.4, 0.5) is 5.69 Å². The van der Waals surface area contributed by atoms with E-state index in [0.29, 0.717) is 41.5 Å². The topological polar surface area (TPSA) is 79.3 Å². The van der Waals surface area contributed by atoms with Crippen molar-refractivity contribution in [1.29, 1.82) is 0 Å². The molecular weight excluding hydrogens is 420 g/mol. The van der Waals surface area contributed by atoms with Gasteiger partial charge in [-0.25, -0.2) is 4.90 Å². The summed E-state index contributed by atoms with van der Waals surface area (Å²) in [6.07, 6.45) is 1.74. The molecule has 0 radical (unpaired) electrons. The largest absolute Gasteiger partial charge is 0.497 e. The molecular formula is C26H30N2O5. The van der Waals surface area contributed by atoms with Crippen LogP contribution in [0.25, 0.3) is 5.57 Å². The van der Waals surface area contributed by atoms with Gasteiger partial charge in [-0.1, -0.05) is 23.8 Å². The van der Waals surface area contributed by atoms with Gasteiger partial charge >= 0.3 is 0 Å². The van der Waals surface area contributed by atoms with Crippen molar-refractivity contribution >= 4 is 23.1 Å². The highest BCUT2D eigenvalue weighted by molar-refractivity contribution is 6.45. The third kappa shape index (κ3) is 4.09. The number of aliphatic hydroxyl groups excluding tert-OH is 1. The Hall–Kier alpha value is -3.32. The number of anilines is 1. The third-order valence-corrected chi connectivity index (χ3v) is 6.43. The Bertz CT molecular complexity index is 1120. The predicted molar refractivity (Wildman–Crippen MR) is 126 cm³/mol. The molecule has 0 aromatic heterocycles. The van der Waals surface area contributed by atoms with Crippen LogP contribution in [0.1, 0.15) is 29.5 Å². The first kappa shape index (κ1) is 22.9. The second-order valence-electron chi connectivity index (χ2n) is 8.66. The second-order valence-corrected chi connectivity index (χ2v) is 8.66. The van der Waals surface area contributed by atoms with Crippen molar-refractivity contribution in [3.8, 4) is 11.5 Å². The maximum Gasteiger partial charge on any atom is 0.282 e. The zero-order valence-electron chi connectivity index (χ0n) is 19.6. The van der Waals surface area contributed by atoms with Gasteiger partial charge in [-0.2, -0.15) is 0 Å². The standard InChI is InChI=1S/C26H30N2O5/c1-16-7-9-20(17(2)12-16)23-24(27-11-5-6-18(14-27)15-29)26(31)28(25(23)30)21-13-19(32-3)8-10-22(21)33-4/h7-10,12-13,18,29H,5-6,11,14-15H2,1-4H3. The lowest BCUT2D eigenvalue weighted by molar-refractivity contribution is -0.120. The van der Waals surface area contributed by atoms with E-state index >= 15 is 0 Å². The van der Waals surface area contributed by atoms with E-state index in [1.54, 1.807) is 18.2 Å². The predicted octanol–water partition coefficient (Wildman–Crippen LogP) is 3.31. The summed E-state index contributed by atoms with van der Waals surface area (Å²) >= 11 is 0. The van der Waals surface area contributed by atoms with Gasteiger partial charge in [0, 0.05) is 25.8 Å². The molecule has 0 saturated carbocycles. The number of ether oxygens (including phenoxy) is 2. The number of aliphatic hydroxyl groups is 1. The number of rotatable bonds is 6. The molecule has 2 aromatic carbocycles. The molecule has 174 valence electrons. The Kier molecular flexibility index (Phi) is 6.42. The normalized spacial score (nSPS) is 18.9. The van der Waals surface area contributed by atoms with Gasteiger partial charge in [0.25, 0.3) is 11.8 Å². The van der Waals surface area contributed by atoms with Crippen LogP contribution in [0.15, 0.2) is 42.1 Å². The second kappa shape index (κ2) is 9.27. The van der Waals surface area contributed by atoms with Crippen LogP contribution in [-0.2, 0) is 9.59 Å². The number of amides is 2. The Morgan fingerprint density at radius 2 is 1.82 bits per heavy atom. The minimum atomic E-state index is -0.389. The number of carbonyl (C=O) groups is 2. The Balaban J connectivity index is 1.88. The first-order chi connectivity index (χ1) is 15.9. The summed E-state index contributed by atoms with van der Waals surface area (Å²) < 4.78 is 10.8. The molecule has 0 bridgehead atoms. The molecule has 1 saturated heterocycles. The number of hydrogen-bond acceptors (Lipinski definition) is 6. The maximum atomic E-state index is 13.9. The lowest BCUT2D eigenvalue weighted by atomic mass is 9.95. The fourth-order valence-corrected chi connectivity index (χ4v) is 4.76. The number of piperidine rings is 1. The van der Waals surface area contributed by atoms with E-state index in [2.05, 4.69) is 0 Å². The van der Waals surface area contributed by atoms with E-state index in [4.69, 9.17) is 9.47 Å². The van der Waals surface area contributed by atoms with Crippen LogP contribution < -0.4 is 14.4 Å². The minimum Gasteiger partial charge on any atom is -0.497 e. The fraction of sp³-hybridized carbons (Fsp3) is 0.385. The van der Waals surface area contributed by atoms with Crippen LogP contribution in [-0.4, -0.2) is 55.7 Å². The summed E-state index contributed by atoms with van der Waals surface area (Å²) in [5.41, 5.74) is 3.87. The van der Waals surface area contributed by atoms with Gasteiger partial charge < -0.3 is 19.5 Å². The summed E-state index contributed by atoms with van der Waals surface area (Å²) in [7, 11) is 3.04. The van der Waals surface area contributed by atoms with Gasteiger partial charge in [-0.3, -0.25) is 9.59 Å². The van der Waals surface area contributed by atoms with E-state index in [0.717, 1.165) is 29.5 Å². The number of imide groups is 1. The molecule has 1 atom stereocenters. The van der Waals surface area contributed by atoms with Gasteiger partial charge in [0.15, 0.2) is 0 Å². The summed E-state index contributed by atoms with van der Waals surface area (Å²) in [6.45, 7) is 5.19. The number of carbonyl (C=O) groups excluding carboxylic acids is 2. The molecule has 2 amide bonds. The molecule has 7 heteroatoms. The third-order valence-electron chi connectivity index (χ3n) is 6.43. The molecule has 0 aliphatic carbocycles.